The number of nitrogens with zero attached hydrogens (tertiary/aromatic N) is 1. The van der Waals surface area contributed by atoms with Gasteiger partial charge in [0, 0.05) is 31.0 Å². The summed E-state index contributed by atoms with van der Waals surface area (Å²) in [6.45, 7) is 15.3. The number of amides is 1. The van der Waals surface area contributed by atoms with Crippen molar-refractivity contribution in [3.8, 4) is 0 Å². The summed E-state index contributed by atoms with van der Waals surface area (Å²) in [5, 5.41) is 0. The molecule has 1 amide bonds. The van der Waals surface area contributed by atoms with Crippen molar-refractivity contribution in [1.82, 2.24) is 4.90 Å². The van der Waals surface area contributed by atoms with E-state index in [1.165, 1.54) is 0 Å². The molecule has 1 saturated heterocycles. The van der Waals surface area contributed by atoms with Gasteiger partial charge in [0.05, 0.1) is 11.2 Å². The molecule has 36 heavy (non-hydrogen) atoms. The van der Waals surface area contributed by atoms with Crippen LogP contribution in [-0.2, 0) is 27.2 Å². The van der Waals surface area contributed by atoms with E-state index in [0.717, 1.165) is 29.4 Å². The van der Waals surface area contributed by atoms with Crippen LogP contribution in [0, 0.1) is 11.3 Å². The number of carbonyl (C=O) groups excluding carboxylic acids is 2. The van der Waals surface area contributed by atoms with Gasteiger partial charge in [-0.1, -0.05) is 63.2 Å². The molecule has 2 aromatic rings. The predicted octanol–water partition coefficient (Wildman–Crippen LogP) is 5.54. The molecule has 1 heterocycles. The fraction of sp³-hybridized carbons (Fsp3) is 0.533. The Labute approximate surface area is 216 Å². The van der Waals surface area contributed by atoms with Crippen LogP contribution in [0.15, 0.2) is 48.5 Å². The van der Waals surface area contributed by atoms with Crippen LogP contribution in [0.1, 0.15) is 89.2 Å². The second-order valence-electron chi connectivity index (χ2n) is 12.6. The molecule has 2 fully saturated rings. The van der Waals surface area contributed by atoms with Crippen molar-refractivity contribution < 1.29 is 18.9 Å². The van der Waals surface area contributed by atoms with E-state index >= 15 is 0 Å². The Morgan fingerprint density at radius 2 is 1.56 bits per heavy atom. The lowest BCUT2D eigenvalue weighted by molar-refractivity contribution is -0.133. The minimum absolute atomic E-state index is 0.0970. The molecule has 5 nitrogen and oxygen atoms in total. The third-order valence-corrected chi connectivity index (χ3v) is 7.48. The molecule has 0 N–H and O–H groups in total. The van der Waals surface area contributed by atoms with Gasteiger partial charge in [-0.25, -0.2) is 0 Å². The van der Waals surface area contributed by atoms with E-state index in [0.29, 0.717) is 25.1 Å². The predicted molar refractivity (Wildman–Crippen MR) is 144 cm³/mol. The van der Waals surface area contributed by atoms with Gasteiger partial charge in [0.15, 0.2) is 5.78 Å². The number of ketones is 1. The molecule has 6 heteroatoms. The van der Waals surface area contributed by atoms with Gasteiger partial charge in [-0.2, -0.15) is 0 Å². The van der Waals surface area contributed by atoms with E-state index in [9.17, 15) is 9.59 Å². The summed E-state index contributed by atoms with van der Waals surface area (Å²) in [5.74, 6) is 0.372. The normalized spacial score (nSPS) is 18.8. The van der Waals surface area contributed by atoms with Gasteiger partial charge in [-0.05, 0) is 68.6 Å². The summed E-state index contributed by atoms with van der Waals surface area (Å²) in [6.07, 6.45) is 2.34. The first-order valence-electron chi connectivity index (χ1n) is 13.1. The minimum Gasteiger partial charge on any atom is -0.399 e. The highest BCUT2D eigenvalue weighted by Crippen LogP contribution is 2.37. The second-order valence-corrected chi connectivity index (χ2v) is 12.6. The molecule has 2 aromatic carbocycles. The van der Waals surface area contributed by atoms with Crippen LogP contribution in [0.2, 0.25) is 0 Å². The number of hydrogen-bond acceptors (Lipinski definition) is 4. The van der Waals surface area contributed by atoms with Gasteiger partial charge in [-0.15, -0.1) is 0 Å². The molecule has 192 valence electrons. The average molecular weight is 489 g/mol. The number of Topliss-reactive ketones (excluding diaryl/α,β-unsaturated/α-hetero) is 1. The topological polar surface area (TPSA) is 55.8 Å². The van der Waals surface area contributed by atoms with Crippen molar-refractivity contribution in [2.75, 3.05) is 0 Å². The number of hydrogen-bond donors (Lipinski definition) is 0. The van der Waals surface area contributed by atoms with Gasteiger partial charge in [0.25, 0.3) is 0 Å². The van der Waals surface area contributed by atoms with E-state index in [1.807, 2.05) is 81.1 Å². The standard InChI is InChI=1S/C30H40BNO4/c1-28(2,3)18-26(33)23-15-16-25(31-35-29(4,5)30(6,7)36-31)24(17-23)20-32(27(34)22-13-14-22)19-21-11-9-8-10-12-21/h8-12,15-17,22H,13-14,18-20H2,1-7H3. The van der Waals surface area contributed by atoms with Crippen molar-refractivity contribution in [3.63, 3.8) is 0 Å². The molecule has 2 aliphatic rings. The number of rotatable bonds is 8. The molecule has 0 radical (unpaired) electrons. The Balaban J connectivity index is 1.70. The SMILES string of the molecule is CC(C)(C)CC(=O)c1ccc(B2OC(C)(C)C(C)(C)O2)c(CN(Cc2ccccc2)C(=O)C2CC2)c1. The monoisotopic (exact) mass is 489 g/mol. The zero-order valence-corrected chi connectivity index (χ0v) is 22.9. The van der Waals surface area contributed by atoms with Gasteiger partial charge in [0.2, 0.25) is 5.91 Å². The van der Waals surface area contributed by atoms with E-state index in [4.69, 9.17) is 9.31 Å². The summed E-state index contributed by atoms with van der Waals surface area (Å²) in [5.41, 5.74) is 2.46. The fourth-order valence-electron chi connectivity index (χ4n) is 4.51. The smallest absolute Gasteiger partial charge is 0.399 e. The van der Waals surface area contributed by atoms with Gasteiger partial charge < -0.3 is 14.2 Å². The summed E-state index contributed by atoms with van der Waals surface area (Å²) in [7, 11) is -0.564. The maximum atomic E-state index is 13.4. The van der Waals surface area contributed by atoms with Gasteiger partial charge in [-0.3, -0.25) is 9.59 Å². The molecule has 1 saturated carbocycles. The molecule has 1 aliphatic heterocycles. The average Bonchev–Trinajstić information content (AvgIpc) is 3.59. The van der Waals surface area contributed by atoms with Gasteiger partial charge in [0.1, 0.15) is 0 Å². The third-order valence-electron chi connectivity index (χ3n) is 7.48. The third kappa shape index (κ3) is 6.09. The zero-order chi connectivity index (χ0) is 26.3. The van der Waals surface area contributed by atoms with Crippen molar-refractivity contribution >= 4 is 24.3 Å². The van der Waals surface area contributed by atoms with E-state index in [1.54, 1.807) is 0 Å². The summed E-state index contributed by atoms with van der Waals surface area (Å²) >= 11 is 0. The maximum absolute atomic E-state index is 13.4. The lowest BCUT2D eigenvalue weighted by Gasteiger charge is -2.32. The quantitative estimate of drug-likeness (QED) is 0.361. The highest BCUT2D eigenvalue weighted by molar-refractivity contribution is 6.62. The first-order chi connectivity index (χ1) is 16.8. The maximum Gasteiger partial charge on any atom is 0.495 e. The molecule has 1 aliphatic carbocycles. The minimum atomic E-state index is -0.564. The van der Waals surface area contributed by atoms with Crippen molar-refractivity contribution in [1.29, 1.82) is 0 Å². The van der Waals surface area contributed by atoms with Crippen LogP contribution in [0.5, 0.6) is 0 Å². The Morgan fingerprint density at radius 3 is 2.11 bits per heavy atom. The van der Waals surface area contributed by atoms with Crippen LogP contribution in [0.3, 0.4) is 0 Å². The van der Waals surface area contributed by atoms with E-state index in [2.05, 4.69) is 20.8 Å². The molecular weight excluding hydrogens is 449 g/mol. The molecule has 0 spiro atoms. The van der Waals surface area contributed by atoms with Gasteiger partial charge >= 0.3 is 7.12 Å². The van der Waals surface area contributed by atoms with Crippen LogP contribution in [0.4, 0.5) is 0 Å². The fourth-order valence-corrected chi connectivity index (χ4v) is 4.51. The molecule has 4 rings (SSSR count). The Hall–Kier alpha value is -2.44. The Kier molecular flexibility index (Phi) is 7.24. The summed E-state index contributed by atoms with van der Waals surface area (Å²) in [4.78, 5) is 28.4. The van der Waals surface area contributed by atoms with E-state index in [-0.39, 0.29) is 23.0 Å². The molecule has 0 bridgehead atoms. The summed E-state index contributed by atoms with van der Waals surface area (Å²) in [6, 6.07) is 15.9. The molecule has 0 unspecified atom stereocenters. The highest BCUT2D eigenvalue weighted by Gasteiger charge is 2.52. The molecule has 0 aromatic heterocycles. The lowest BCUT2D eigenvalue weighted by Crippen LogP contribution is -2.41. The highest BCUT2D eigenvalue weighted by atomic mass is 16.7. The molecule has 0 atom stereocenters. The van der Waals surface area contributed by atoms with Crippen molar-refractivity contribution in [2.45, 2.75) is 92.0 Å². The molecular formula is C30H40BNO4. The first kappa shape index (κ1) is 26.6. The second kappa shape index (κ2) is 9.79. The van der Waals surface area contributed by atoms with Crippen LogP contribution in [0.25, 0.3) is 0 Å². The zero-order valence-electron chi connectivity index (χ0n) is 22.9. The number of carbonyl (C=O) groups is 2. The lowest BCUT2D eigenvalue weighted by atomic mass is 9.74. The van der Waals surface area contributed by atoms with Crippen LogP contribution in [-0.4, -0.2) is 34.9 Å². The largest absolute Gasteiger partial charge is 0.495 e. The van der Waals surface area contributed by atoms with Crippen molar-refractivity contribution in [3.05, 3.63) is 65.2 Å². The summed E-state index contributed by atoms with van der Waals surface area (Å²) < 4.78 is 12.8. The van der Waals surface area contributed by atoms with Crippen LogP contribution < -0.4 is 5.46 Å². The Bertz CT molecular complexity index is 1100. The number of benzene rings is 2. The first-order valence-corrected chi connectivity index (χ1v) is 13.1. The Morgan fingerprint density at radius 1 is 0.944 bits per heavy atom. The van der Waals surface area contributed by atoms with E-state index < -0.39 is 18.3 Å². The van der Waals surface area contributed by atoms with Crippen molar-refractivity contribution in [2.24, 2.45) is 11.3 Å². The van der Waals surface area contributed by atoms with Crippen LogP contribution >= 0.6 is 0 Å².